The lowest BCUT2D eigenvalue weighted by Gasteiger charge is -2.06. The number of amides is 1. The maximum atomic E-state index is 12.4. The van der Waals surface area contributed by atoms with Crippen molar-refractivity contribution in [2.24, 2.45) is 0 Å². The summed E-state index contributed by atoms with van der Waals surface area (Å²) in [4.78, 5) is 16.6. The van der Waals surface area contributed by atoms with Gasteiger partial charge in [0.05, 0.1) is 6.54 Å². The number of rotatable bonds is 7. The average molecular weight is 467 g/mol. The number of halogens is 1. The molecule has 1 amide bonds. The summed E-state index contributed by atoms with van der Waals surface area (Å²) in [5.41, 5.74) is 2.57. The van der Waals surface area contributed by atoms with Gasteiger partial charge < -0.3 is 4.74 Å². The first kappa shape index (κ1) is 19.8. The molecular formula is C21H19BrN6O2. The Bertz CT molecular complexity index is 1150. The second-order valence-corrected chi connectivity index (χ2v) is 7.53. The lowest BCUT2D eigenvalue weighted by molar-refractivity contribution is 0.101. The lowest BCUT2D eigenvalue weighted by atomic mass is 10.1. The monoisotopic (exact) mass is 466 g/mol. The van der Waals surface area contributed by atoms with Gasteiger partial charge in [-0.05, 0) is 48.4 Å². The molecule has 0 saturated carbocycles. The molecule has 0 radical (unpaired) electrons. The number of carbonyl (C=O) groups excluding carboxylic acids is 1. The normalized spacial score (nSPS) is 10.7. The number of nitrogens with zero attached hydrogens (tertiary/aromatic N) is 5. The zero-order valence-corrected chi connectivity index (χ0v) is 17.8. The highest BCUT2D eigenvalue weighted by Gasteiger charge is 2.13. The Morgan fingerprint density at radius 3 is 2.67 bits per heavy atom. The summed E-state index contributed by atoms with van der Waals surface area (Å²) in [7, 11) is 0. The molecule has 2 aromatic carbocycles. The quantitative estimate of drug-likeness (QED) is 0.446. The molecule has 0 aliphatic rings. The third-order valence-electron chi connectivity index (χ3n) is 4.41. The molecule has 4 aromatic rings. The van der Waals surface area contributed by atoms with Crippen molar-refractivity contribution in [1.29, 1.82) is 0 Å². The molecule has 0 saturated heterocycles. The topological polar surface area (TPSA) is 86.9 Å². The van der Waals surface area contributed by atoms with Gasteiger partial charge in [-0.15, -0.1) is 5.10 Å². The summed E-state index contributed by atoms with van der Waals surface area (Å²) in [6.45, 7) is 2.82. The summed E-state index contributed by atoms with van der Waals surface area (Å²) in [5.74, 6) is 0.559. The van der Waals surface area contributed by atoms with Crippen molar-refractivity contribution in [3.05, 3.63) is 88.4 Å². The minimum Gasteiger partial charge on any atom is -0.471 e. The molecule has 8 nitrogen and oxygen atoms in total. The van der Waals surface area contributed by atoms with Crippen LogP contribution in [0.15, 0.2) is 71.6 Å². The van der Waals surface area contributed by atoms with Crippen molar-refractivity contribution < 1.29 is 9.53 Å². The number of benzene rings is 2. The molecule has 152 valence electrons. The Balaban J connectivity index is 1.34. The van der Waals surface area contributed by atoms with Crippen LogP contribution in [0.3, 0.4) is 0 Å². The zero-order chi connectivity index (χ0) is 20.9. The molecule has 0 bridgehead atoms. The smallest absolute Gasteiger partial charge is 0.278 e. The summed E-state index contributed by atoms with van der Waals surface area (Å²) in [6.07, 6.45) is 3.27. The van der Waals surface area contributed by atoms with E-state index in [9.17, 15) is 4.79 Å². The summed E-state index contributed by atoms with van der Waals surface area (Å²) in [5, 5.41) is 11.2. The fourth-order valence-corrected chi connectivity index (χ4v) is 3.05. The van der Waals surface area contributed by atoms with Crippen molar-refractivity contribution in [3.8, 4) is 5.75 Å². The van der Waals surface area contributed by atoms with Crippen LogP contribution in [0.1, 0.15) is 21.6 Å². The molecular weight excluding hydrogens is 448 g/mol. The van der Waals surface area contributed by atoms with Gasteiger partial charge in [-0.2, -0.15) is 5.10 Å². The molecule has 4 rings (SSSR count). The van der Waals surface area contributed by atoms with E-state index in [-0.39, 0.29) is 24.3 Å². The van der Waals surface area contributed by atoms with Crippen molar-refractivity contribution >= 4 is 27.8 Å². The maximum Gasteiger partial charge on any atom is 0.278 e. The van der Waals surface area contributed by atoms with Crippen molar-refractivity contribution in [2.75, 3.05) is 5.32 Å². The number of aromatic nitrogens is 5. The van der Waals surface area contributed by atoms with Crippen LogP contribution in [0.25, 0.3) is 0 Å². The Morgan fingerprint density at radius 2 is 1.87 bits per heavy atom. The van der Waals surface area contributed by atoms with Gasteiger partial charge >= 0.3 is 0 Å². The van der Waals surface area contributed by atoms with Crippen LogP contribution in [-0.2, 0) is 13.3 Å². The third-order valence-corrected chi connectivity index (χ3v) is 4.93. The Hall–Kier alpha value is -3.46. The van der Waals surface area contributed by atoms with Gasteiger partial charge in [0.1, 0.15) is 12.1 Å². The highest BCUT2D eigenvalue weighted by Crippen LogP contribution is 2.16. The molecule has 0 unspecified atom stereocenters. The molecule has 0 spiro atoms. The third kappa shape index (κ3) is 4.93. The summed E-state index contributed by atoms with van der Waals surface area (Å²) < 4.78 is 9.85. The minimum absolute atomic E-state index is 0.193. The largest absolute Gasteiger partial charge is 0.471 e. The van der Waals surface area contributed by atoms with E-state index >= 15 is 0 Å². The van der Waals surface area contributed by atoms with Gasteiger partial charge in [-0.1, -0.05) is 40.2 Å². The number of aryl methyl sites for hydroxylation is 1. The standard InChI is InChI=1S/C21H19BrN6O2/c1-15-4-2-3-5-16(15)12-28-13-23-21(26-28)24-20(29)19-10-11-27(25-19)14-30-18-8-6-17(22)7-9-18/h2-11,13H,12,14H2,1H3,(H,24,26,29). The Kier molecular flexibility index (Phi) is 5.89. The van der Waals surface area contributed by atoms with Crippen molar-refractivity contribution in [2.45, 2.75) is 20.2 Å². The molecule has 0 atom stereocenters. The van der Waals surface area contributed by atoms with E-state index in [0.29, 0.717) is 12.3 Å². The predicted molar refractivity (Wildman–Crippen MR) is 115 cm³/mol. The fraction of sp³-hybridized carbons (Fsp3) is 0.143. The molecule has 0 aliphatic carbocycles. The fourth-order valence-electron chi connectivity index (χ4n) is 2.78. The van der Waals surface area contributed by atoms with Gasteiger partial charge in [0, 0.05) is 10.7 Å². The highest BCUT2D eigenvalue weighted by molar-refractivity contribution is 9.10. The van der Waals surface area contributed by atoms with E-state index in [1.165, 1.54) is 5.56 Å². The van der Waals surface area contributed by atoms with Crippen LogP contribution in [-0.4, -0.2) is 30.5 Å². The molecule has 9 heteroatoms. The van der Waals surface area contributed by atoms with Crippen molar-refractivity contribution in [3.63, 3.8) is 0 Å². The first-order valence-electron chi connectivity index (χ1n) is 9.24. The second kappa shape index (κ2) is 8.91. The second-order valence-electron chi connectivity index (χ2n) is 6.61. The first-order valence-corrected chi connectivity index (χ1v) is 10.0. The van der Waals surface area contributed by atoms with Crippen LogP contribution in [0, 0.1) is 6.92 Å². The highest BCUT2D eigenvalue weighted by atomic mass is 79.9. The summed E-state index contributed by atoms with van der Waals surface area (Å²) in [6, 6.07) is 17.2. The molecule has 2 aromatic heterocycles. The molecule has 0 fully saturated rings. The Labute approximate surface area is 181 Å². The van der Waals surface area contributed by atoms with E-state index < -0.39 is 0 Å². The van der Waals surface area contributed by atoms with E-state index in [1.54, 1.807) is 28.0 Å². The predicted octanol–water partition coefficient (Wildman–Crippen LogP) is 3.88. The number of hydrogen-bond acceptors (Lipinski definition) is 5. The molecule has 1 N–H and O–H groups in total. The van der Waals surface area contributed by atoms with Gasteiger partial charge in [0.15, 0.2) is 12.4 Å². The van der Waals surface area contributed by atoms with Crippen LogP contribution in [0.4, 0.5) is 5.95 Å². The number of hydrogen-bond donors (Lipinski definition) is 1. The SMILES string of the molecule is Cc1ccccc1Cn1cnc(NC(=O)c2ccn(COc3ccc(Br)cc3)n2)n1. The van der Waals surface area contributed by atoms with Gasteiger partial charge in [0.2, 0.25) is 5.95 Å². The minimum atomic E-state index is -0.383. The van der Waals surface area contributed by atoms with Gasteiger partial charge in [-0.3, -0.25) is 10.1 Å². The molecule has 0 aliphatic heterocycles. The van der Waals surface area contributed by atoms with Crippen LogP contribution in [0.5, 0.6) is 5.75 Å². The summed E-state index contributed by atoms with van der Waals surface area (Å²) >= 11 is 3.38. The maximum absolute atomic E-state index is 12.4. The Morgan fingerprint density at radius 1 is 1.07 bits per heavy atom. The zero-order valence-electron chi connectivity index (χ0n) is 16.2. The number of ether oxygens (including phenoxy) is 1. The van der Waals surface area contributed by atoms with Crippen LogP contribution < -0.4 is 10.1 Å². The van der Waals surface area contributed by atoms with Gasteiger partial charge in [0.25, 0.3) is 5.91 Å². The van der Waals surface area contributed by atoms with E-state index in [1.807, 2.05) is 55.5 Å². The van der Waals surface area contributed by atoms with Crippen LogP contribution in [0.2, 0.25) is 0 Å². The first-order chi connectivity index (χ1) is 14.6. The number of anilines is 1. The van der Waals surface area contributed by atoms with Crippen LogP contribution >= 0.6 is 15.9 Å². The van der Waals surface area contributed by atoms with Gasteiger partial charge in [-0.25, -0.2) is 14.3 Å². The average Bonchev–Trinajstić information content (AvgIpc) is 3.39. The van der Waals surface area contributed by atoms with E-state index in [2.05, 4.69) is 36.4 Å². The molecule has 30 heavy (non-hydrogen) atoms. The lowest BCUT2D eigenvalue weighted by Crippen LogP contribution is -2.15. The van der Waals surface area contributed by atoms with E-state index in [4.69, 9.17) is 4.74 Å². The molecule has 2 heterocycles. The number of carbonyl (C=O) groups is 1. The number of nitrogens with one attached hydrogen (secondary N) is 1. The van der Waals surface area contributed by atoms with E-state index in [0.717, 1.165) is 10.0 Å². The van der Waals surface area contributed by atoms with Crippen molar-refractivity contribution in [1.82, 2.24) is 24.5 Å².